The molecule has 0 unspecified atom stereocenters. The quantitative estimate of drug-likeness (QED) is 0.674. The molecule has 1 saturated heterocycles. The Balaban J connectivity index is 1.54. The number of aromatic nitrogens is 2. The summed E-state index contributed by atoms with van der Waals surface area (Å²) in [6.07, 6.45) is 5.38. The Morgan fingerprint density at radius 1 is 1.21 bits per heavy atom. The Morgan fingerprint density at radius 2 is 1.96 bits per heavy atom. The Kier molecular flexibility index (Phi) is 5.46. The van der Waals surface area contributed by atoms with Crippen LogP contribution in [-0.4, -0.2) is 40.6 Å². The number of piperidine rings is 1. The number of hydrogen-bond acceptors (Lipinski definition) is 4. The molecule has 6 nitrogen and oxygen atoms in total. The van der Waals surface area contributed by atoms with E-state index in [-0.39, 0.29) is 0 Å². The Hall–Kier alpha value is -2.37. The van der Waals surface area contributed by atoms with E-state index >= 15 is 0 Å². The first kappa shape index (κ1) is 16.5. The zero-order valence-corrected chi connectivity index (χ0v) is 14.2. The van der Waals surface area contributed by atoms with E-state index < -0.39 is 0 Å². The second-order valence-corrected chi connectivity index (χ2v) is 6.10. The molecule has 3 rings (SSSR count). The number of benzene rings is 1. The first-order valence-electron chi connectivity index (χ1n) is 8.73. The second-order valence-electron chi connectivity index (χ2n) is 6.10. The molecule has 0 saturated carbocycles. The van der Waals surface area contributed by atoms with Crippen LogP contribution in [0.5, 0.6) is 0 Å². The van der Waals surface area contributed by atoms with Crippen LogP contribution in [0, 0.1) is 0 Å². The molecule has 2 heterocycles. The lowest BCUT2D eigenvalue weighted by Crippen LogP contribution is -2.41. The van der Waals surface area contributed by atoms with Gasteiger partial charge in [0.1, 0.15) is 0 Å². The summed E-state index contributed by atoms with van der Waals surface area (Å²) in [6, 6.07) is 8.19. The third kappa shape index (κ3) is 4.13. The van der Waals surface area contributed by atoms with Crippen LogP contribution in [0.3, 0.4) is 0 Å². The van der Waals surface area contributed by atoms with Gasteiger partial charge in [-0.05, 0) is 43.4 Å². The lowest BCUT2D eigenvalue weighted by molar-refractivity contribution is 0.338. The Bertz CT molecular complexity index is 671. The Morgan fingerprint density at radius 3 is 2.62 bits per heavy atom. The van der Waals surface area contributed by atoms with E-state index in [1.54, 1.807) is 0 Å². The van der Waals surface area contributed by atoms with Gasteiger partial charge in [-0.25, -0.2) is 0 Å². The molecule has 0 atom stereocenters. The van der Waals surface area contributed by atoms with Gasteiger partial charge >= 0.3 is 0 Å². The van der Waals surface area contributed by atoms with Gasteiger partial charge in [-0.15, -0.1) is 0 Å². The van der Waals surface area contributed by atoms with E-state index in [0.29, 0.717) is 18.4 Å². The molecule has 0 aliphatic carbocycles. The molecular weight excluding hydrogens is 302 g/mol. The van der Waals surface area contributed by atoms with Gasteiger partial charge in [0, 0.05) is 31.6 Å². The van der Waals surface area contributed by atoms with Crippen molar-refractivity contribution in [2.24, 2.45) is 10.7 Å². The first-order chi connectivity index (χ1) is 11.8. The lowest BCUT2D eigenvalue weighted by atomic mass is 10.1. The molecule has 6 heteroatoms. The van der Waals surface area contributed by atoms with Gasteiger partial charge < -0.3 is 15.2 Å². The van der Waals surface area contributed by atoms with Crippen molar-refractivity contribution in [1.82, 2.24) is 15.0 Å². The van der Waals surface area contributed by atoms with Crippen molar-refractivity contribution in [2.75, 3.05) is 19.6 Å². The number of aryl methyl sites for hydroxylation is 1. The van der Waals surface area contributed by atoms with E-state index in [0.717, 1.165) is 37.3 Å². The zero-order valence-electron chi connectivity index (χ0n) is 14.2. The summed E-state index contributed by atoms with van der Waals surface area (Å²) in [5.41, 5.74) is 8.25. The van der Waals surface area contributed by atoms with Crippen molar-refractivity contribution in [2.45, 2.75) is 39.0 Å². The maximum atomic E-state index is 6.08. The van der Waals surface area contributed by atoms with Crippen molar-refractivity contribution in [3.8, 4) is 11.5 Å². The smallest absolute Gasteiger partial charge is 0.257 e. The number of hydrogen-bond donors (Lipinski definition) is 1. The standard InChI is InChI=1S/C18H25N5O/c1-2-16-21-17(24-22-16)15-8-6-14(7-9-15)10-11-20-18(19)23-12-4-3-5-13-23/h6-9H,2-5,10-13H2,1H3,(H2,19,20). The molecule has 128 valence electrons. The summed E-state index contributed by atoms with van der Waals surface area (Å²) in [4.78, 5) is 11.0. The summed E-state index contributed by atoms with van der Waals surface area (Å²) in [7, 11) is 0. The summed E-state index contributed by atoms with van der Waals surface area (Å²) in [5.74, 6) is 1.99. The van der Waals surface area contributed by atoms with E-state index in [2.05, 4.69) is 32.2 Å². The van der Waals surface area contributed by atoms with Crippen LogP contribution in [0.25, 0.3) is 11.5 Å². The van der Waals surface area contributed by atoms with Gasteiger partial charge in [0.05, 0.1) is 0 Å². The van der Waals surface area contributed by atoms with Crippen LogP contribution in [0.15, 0.2) is 33.8 Å². The molecule has 2 N–H and O–H groups in total. The fourth-order valence-electron chi connectivity index (χ4n) is 2.85. The van der Waals surface area contributed by atoms with Crippen molar-refractivity contribution in [3.63, 3.8) is 0 Å². The van der Waals surface area contributed by atoms with Crippen LogP contribution >= 0.6 is 0 Å². The third-order valence-corrected chi connectivity index (χ3v) is 4.34. The first-order valence-corrected chi connectivity index (χ1v) is 8.73. The monoisotopic (exact) mass is 327 g/mol. The number of nitrogens with zero attached hydrogens (tertiary/aromatic N) is 4. The molecule has 0 radical (unpaired) electrons. The van der Waals surface area contributed by atoms with Crippen molar-refractivity contribution in [1.29, 1.82) is 0 Å². The van der Waals surface area contributed by atoms with Crippen LogP contribution < -0.4 is 5.73 Å². The molecule has 1 fully saturated rings. The predicted octanol–water partition coefficient (Wildman–Crippen LogP) is 2.64. The van der Waals surface area contributed by atoms with Crippen LogP contribution in [0.1, 0.15) is 37.6 Å². The summed E-state index contributed by atoms with van der Waals surface area (Å²) < 4.78 is 5.26. The molecular formula is C18H25N5O. The fourth-order valence-corrected chi connectivity index (χ4v) is 2.85. The van der Waals surface area contributed by atoms with Crippen LogP contribution in [0.2, 0.25) is 0 Å². The zero-order chi connectivity index (χ0) is 16.8. The summed E-state index contributed by atoms with van der Waals surface area (Å²) >= 11 is 0. The van der Waals surface area contributed by atoms with Crippen molar-refractivity contribution >= 4 is 5.96 Å². The topological polar surface area (TPSA) is 80.5 Å². The maximum absolute atomic E-state index is 6.08. The average Bonchev–Trinajstić information content (AvgIpc) is 3.12. The number of guanidine groups is 1. The fraction of sp³-hybridized carbons (Fsp3) is 0.500. The molecule has 0 bridgehead atoms. The third-order valence-electron chi connectivity index (χ3n) is 4.34. The van der Waals surface area contributed by atoms with Gasteiger partial charge in [0.25, 0.3) is 5.89 Å². The average molecular weight is 327 g/mol. The van der Waals surface area contributed by atoms with Crippen LogP contribution in [0.4, 0.5) is 0 Å². The number of nitrogens with two attached hydrogens (primary N) is 1. The highest BCUT2D eigenvalue weighted by atomic mass is 16.5. The SMILES string of the molecule is CCc1noc(-c2ccc(CCN=C(N)N3CCCCC3)cc2)n1. The van der Waals surface area contributed by atoms with Gasteiger partial charge in [-0.1, -0.05) is 24.2 Å². The minimum atomic E-state index is 0.575. The second kappa shape index (κ2) is 7.95. The van der Waals surface area contributed by atoms with E-state index in [9.17, 15) is 0 Å². The molecule has 24 heavy (non-hydrogen) atoms. The van der Waals surface area contributed by atoms with Gasteiger partial charge in [0.15, 0.2) is 11.8 Å². The minimum Gasteiger partial charge on any atom is -0.370 e. The molecule has 1 aromatic heterocycles. The molecule has 1 aliphatic rings. The van der Waals surface area contributed by atoms with Gasteiger partial charge in [0.2, 0.25) is 0 Å². The summed E-state index contributed by atoms with van der Waals surface area (Å²) in [5, 5.41) is 3.92. The highest BCUT2D eigenvalue weighted by molar-refractivity contribution is 5.78. The molecule has 0 spiro atoms. The maximum Gasteiger partial charge on any atom is 0.257 e. The highest BCUT2D eigenvalue weighted by Crippen LogP contribution is 2.18. The van der Waals surface area contributed by atoms with E-state index in [1.165, 1.54) is 24.8 Å². The summed E-state index contributed by atoms with van der Waals surface area (Å²) in [6.45, 7) is 4.79. The van der Waals surface area contributed by atoms with Gasteiger partial charge in [-0.3, -0.25) is 4.99 Å². The molecule has 2 aromatic rings. The van der Waals surface area contributed by atoms with E-state index in [4.69, 9.17) is 10.3 Å². The van der Waals surface area contributed by atoms with E-state index in [1.807, 2.05) is 19.1 Å². The Labute approximate surface area is 142 Å². The normalized spacial score (nSPS) is 15.7. The van der Waals surface area contributed by atoms with Crippen molar-refractivity contribution in [3.05, 3.63) is 35.7 Å². The number of likely N-dealkylation sites (tertiary alicyclic amines) is 1. The van der Waals surface area contributed by atoms with Crippen LogP contribution in [-0.2, 0) is 12.8 Å². The number of aliphatic imine (C=N–C) groups is 1. The van der Waals surface area contributed by atoms with Crippen molar-refractivity contribution < 1.29 is 4.52 Å². The minimum absolute atomic E-state index is 0.575. The van der Waals surface area contributed by atoms with Gasteiger partial charge in [-0.2, -0.15) is 4.98 Å². The molecule has 0 amide bonds. The molecule has 1 aromatic carbocycles. The molecule has 1 aliphatic heterocycles. The number of rotatable bonds is 5. The largest absolute Gasteiger partial charge is 0.370 e. The predicted molar refractivity (Wildman–Crippen MR) is 94.7 cm³/mol. The highest BCUT2D eigenvalue weighted by Gasteiger charge is 2.11. The lowest BCUT2D eigenvalue weighted by Gasteiger charge is -2.27.